The third kappa shape index (κ3) is 5.28. The highest BCUT2D eigenvalue weighted by Crippen LogP contribution is 2.23. The number of benzene rings is 2. The van der Waals surface area contributed by atoms with E-state index in [9.17, 15) is 9.18 Å². The number of carbonyl (C=O) groups is 1. The molecule has 0 aliphatic carbocycles. The van der Waals surface area contributed by atoms with Gasteiger partial charge >= 0.3 is 0 Å². The molecule has 0 unspecified atom stereocenters. The summed E-state index contributed by atoms with van der Waals surface area (Å²) in [6.45, 7) is 4.81. The molecule has 9 heteroatoms. The minimum absolute atomic E-state index is 0.0611. The first kappa shape index (κ1) is 21.0. The molecule has 4 rings (SSSR count). The molecule has 0 saturated carbocycles. The Balaban J connectivity index is 1.44. The topological polar surface area (TPSA) is 79.4 Å². The second-order valence-corrected chi connectivity index (χ2v) is 7.45. The fourth-order valence-electron chi connectivity index (χ4n) is 3.23. The number of anilines is 4. The molecule has 160 valence electrons. The molecule has 1 fully saturated rings. The van der Waals surface area contributed by atoms with Gasteiger partial charge in [0.15, 0.2) is 0 Å². The van der Waals surface area contributed by atoms with Gasteiger partial charge in [-0.25, -0.2) is 14.4 Å². The van der Waals surface area contributed by atoms with Crippen LogP contribution < -0.4 is 15.5 Å². The first-order chi connectivity index (χ1) is 15.0. The van der Waals surface area contributed by atoms with Gasteiger partial charge in [-0.2, -0.15) is 0 Å². The molecule has 1 aliphatic rings. The van der Waals surface area contributed by atoms with Crippen molar-refractivity contribution in [1.29, 1.82) is 0 Å². The van der Waals surface area contributed by atoms with Crippen LogP contribution in [0.4, 0.5) is 27.4 Å². The zero-order chi connectivity index (χ0) is 21.8. The lowest BCUT2D eigenvalue weighted by atomic mass is 10.2. The maximum atomic E-state index is 13.2. The average molecular weight is 442 g/mol. The van der Waals surface area contributed by atoms with E-state index in [0.29, 0.717) is 30.5 Å². The van der Waals surface area contributed by atoms with Crippen LogP contribution >= 0.6 is 11.6 Å². The maximum absolute atomic E-state index is 13.2. The number of ether oxygens (including phenoxy) is 1. The van der Waals surface area contributed by atoms with Crippen LogP contribution in [0.15, 0.2) is 48.5 Å². The van der Waals surface area contributed by atoms with E-state index in [4.69, 9.17) is 16.3 Å². The molecular formula is C22H21ClFN5O2. The lowest BCUT2D eigenvalue weighted by Crippen LogP contribution is -2.36. The summed E-state index contributed by atoms with van der Waals surface area (Å²) in [5, 5.41) is 6.08. The number of amides is 1. The monoisotopic (exact) mass is 441 g/mol. The lowest BCUT2D eigenvalue weighted by molar-refractivity contribution is 0.102. The van der Waals surface area contributed by atoms with Gasteiger partial charge in [0, 0.05) is 30.5 Å². The fourth-order valence-corrected chi connectivity index (χ4v) is 3.48. The Morgan fingerprint density at radius 3 is 2.48 bits per heavy atom. The van der Waals surface area contributed by atoms with Crippen LogP contribution in [0.5, 0.6) is 0 Å². The van der Waals surface area contributed by atoms with Crippen LogP contribution in [0.2, 0.25) is 5.02 Å². The van der Waals surface area contributed by atoms with E-state index in [0.717, 1.165) is 30.7 Å². The Kier molecular flexibility index (Phi) is 6.29. The van der Waals surface area contributed by atoms with Gasteiger partial charge in [0.2, 0.25) is 0 Å². The number of hydrogen-bond acceptors (Lipinski definition) is 6. The van der Waals surface area contributed by atoms with Gasteiger partial charge in [-0.3, -0.25) is 4.79 Å². The van der Waals surface area contributed by atoms with E-state index in [1.54, 1.807) is 12.1 Å². The summed E-state index contributed by atoms with van der Waals surface area (Å²) in [7, 11) is 0. The zero-order valence-electron chi connectivity index (χ0n) is 16.9. The molecule has 2 aromatic carbocycles. The Hall–Kier alpha value is -3.23. The Bertz CT molecular complexity index is 1090. The molecule has 0 spiro atoms. The largest absolute Gasteiger partial charge is 0.378 e. The van der Waals surface area contributed by atoms with Gasteiger partial charge in [0.05, 0.1) is 23.8 Å². The number of morpholine rings is 1. The molecule has 1 aliphatic heterocycles. The summed E-state index contributed by atoms with van der Waals surface area (Å²) < 4.78 is 18.6. The second kappa shape index (κ2) is 9.28. The number of nitrogens with zero attached hydrogens (tertiary/aromatic N) is 3. The van der Waals surface area contributed by atoms with Crippen LogP contribution in [-0.4, -0.2) is 42.2 Å². The standard InChI is InChI=1S/C22H21ClFN5O2/c1-14-25-20(13-21(26-14)29-8-10-31-11-9-29)27-16-3-5-17(6-4-16)28-22(30)18-7-2-15(24)12-19(18)23/h2-7,12-13H,8-11H2,1H3,(H,28,30)(H,25,26,27). The molecule has 3 aromatic rings. The van der Waals surface area contributed by atoms with E-state index in [-0.39, 0.29) is 10.6 Å². The Labute approximate surface area is 184 Å². The van der Waals surface area contributed by atoms with Crippen LogP contribution in [0.1, 0.15) is 16.2 Å². The van der Waals surface area contributed by atoms with Crippen LogP contribution in [-0.2, 0) is 4.74 Å². The quantitative estimate of drug-likeness (QED) is 0.610. The zero-order valence-corrected chi connectivity index (χ0v) is 17.6. The predicted octanol–water partition coefficient (Wildman–Crippen LogP) is 4.41. The normalized spacial score (nSPS) is 13.7. The third-order valence-corrected chi connectivity index (χ3v) is 5.06. The molecule has 0 bridgehead atoms. The number of halogens is 2. The lowest BCUT2D eigenvalue weighted by Gasteiger charge is -2.28. The summed E-state index contributed by atoms with van der Waals surface area (Å²) >= 11 is 5.95. The highest BCUT2D eigenvalue weighted by Gasteiger charge is 2.15. The molecule has 1 aromatic heterocycles. The van der Waals surface area contributed by atoms with E-state index < -0.39 is 11.7 Å². The minimum Gasteiger partial charge on any atom is -0.378 e. The van der Waals surface area contributed by atoms with Gasteiger partial charge in [-0.05, 0) is 49.4 Å². The third-order valence-electron chi connectivity index (χ3n) is 4.75. The van der Waals surface area contributed by atoms with Crippen molar-refractivity contribution in [2.75, 3.05) is 41.8 Å². The molecule has 2 N–H and O–H groups in total. The summed E-state index contributed by atoms with van der Waals surface area (Å²) in [6, 6.07) is 12.7. The molecule has 0 atom stereocenters. The molecule has 1 saturated heterocycles. The number of rotatable bonds is 5. The minimum atomic E-state index is -0.492. The van der Waals surface area contributed by atoms with Gasteiger partial charge in [-0.15, -0.1) is 0 Å². The van der Waals surface area contributed by atoms with E-state index in [1.807, 2.05) is 25.1 Å². The van der Waals surface area contributed by atoms with Crippen molar-refractivity contribution >= 4 is 40.5 Å². The first-order valence-corrected chi connectivity index (χ1v) is 10.2. The predicted molar refractivity (Wildman–Crippen MR) is 119 cm³/mol. The average Bonchev–Trinajstić information content (AvgIpc) is 2.75. The van der Waals surface area contributed by atoms with Gasteiger partial charge in [0.25, 0.3) is 5.91 Å². The summed E-state index contributed by atoms with van der Waals surface area (Å²) in [5.41, 5.74) is 1.60. The maximum Gasteiger partial charge on any atom is 0.257 e. The van der Waals surface area contributed by atoms with Crippen molar-refractivity contribution in [3.05, 3.63) is 70.8 Å². The van der Waals surface area contributed by atoms with Crippen molar-refractivity contribution in [1.82, 2.24) is 9.97 Å². The van der Waals surface area contributed by atoms with Crippen LogP contribution in [0, 0.1) is 12.7 Å². The molecule has 7 nitrogen and oxygen atoms in total. The number of aryl methyl sites for hydroxylation is 1. The summed E-state index contributed by atoms with van der Waals surface area (Å²) in [6.07, 6.45) is 0. The molecule has 31 heavy (non-hydrogen) atoms. The molecule has 1 amide bonds. The molecule has 0 radical (unpaired) electrons. The summed E-state index contributed by atoms with van der Waals surface area (Å²) in [4.78, 5) is 23.5. The second-order valence-electron chi connectivity index (χ2n) is 7.04. The summed E-state index contributed by atoms with van der Waals surface area (Å²) in [5.74, 6) is 1.31. The van der Waals surface area contributed by atoms with E-state index >= 15 is 0 Å². The number of carbonyl (C=O) groups excluding carboxylic acids is 1. The van der Waals surface area contributed by atoms with Crippen molar-refractivity contribution in [2.45, 2.75) is 6.92 Å². The molecule has 2 heterocycles. The fraction of sp³-hybridized carbons (Fsp3) is 0.227. The van der Waals surface area contributed by atoms with Gasteiger partial charge < -0.3 is 20.3 Å². The number of aromatic nitrogens is 2. The highest BCUT2D eigenvalue weighted by molar-refractivity contribution is 6.34. The van der Waals surface area contributed by atoms with Crippen LogP contribution in [0.3, 0.4) is 0 Å². The van der Waals surface area contributed by atoms with Crippen molar-refractivity contribution in [2.24, 2.45) is 0 Å². The van der Waals surface area contributed by atoms with Crippen LogP contribution in [0.25, 0.3) is 0 Å². The molecular weight excluding hydrogens is 421 g/mol. The van der Waals surface area contributed by atoms with Crippen molar-refractivity contribution < 1.29 is 13.9 Å². The van der Waals surface area contributed by atoms with E-state index in [2.05, 4.69) is 25.5 Å². The van der Waals surface area contributed by atoms with E-state index in [1.165, 1.54) is 12.1 Å². The smallest absolute Gasteiger partial charge is 0.257 e. The number of hydrogen-bond donors (Lipinski definition) is 2. The van der Waals surface area contributed by atoms with Crippen molar-refractivity contribution in [3.8, 4) is 0 Å². The van der Waals surface area contributed by atoms with Gasteiger partial charge in [-0.1, -0.05) is 11.6 Å². The Morgan fingerprint density at radius 2 is 1.77 bits per heavy atom. The SMILES string of the molecule is Cc1nc(Nc2ccc(NC(=O)c3ccc(F)cc3Cl)cc2)cc(N2CCOCC2)n1. The van der Waals surface area contributed by atoms with Gasteiger partial charge in [0.1, 0.15) is 23.3 Å². The highest BCUT2D eigenvalue weighted by atomic mass is 35.5. The van der Waals surface area contributed by atoms with Crippen molar-refractivity contribution in [3.63, 3.8) is 0 Å². The Morgan fingerprint density at radius 1 is 1.06 bits per heavy atom. The number of nitrogens with one attached hydrogen (secondary N) is 2. The first-order valence-electron chi connectivity index (χ1n) is 9.80.